The van der Waals surface area contributed by atoms with Crippen molar-refractivity contribution >= 4 is 99.0 Å². The highest BCUT2D eigenvalue weighted by Crippen LogP contribution is 2.60. The van der Waals surface area contributed by atoms with E-state index in [9.17, 15) is 20.2 Å². The third-order valence-electron chi connectivity index (χ3n) is 19.0. The average molecular weight is 1180 g/mol. The maximum Gasteiger partial charge on any atom is 0.294 e. The zero-order valence-corrected chi connectivity index (χ0v) is 49.9. The number of anilines is 2. The molecule has 79 heavy (non-hydrogen) atoms. The number of hydrogen-bond acceptors (Lipinski definition) is 6. The zero-order valence-electron chi connectivity index (χ0n) is 46.8. The molecule has 0 aromatic heterocycles. The van der Waals surface area contributed by atoms with Gasteiger partial charge in [-0.15, -0.1) is 0 Å². The van der Waals surface area contributed by atoms with Crippen molar-refractivity contribution in [1.29, 1.82) is 0 Å². The lowest BCUT2D eigenvalue weighted by Crippen LogP contribution is -2.37. The standard InChI is InChI=1S/C67H70Br2N6O4/c1-63(2,41-72-51-31-29-43-21-11-13-23-47(43)59(51)64(3,4)55(72)25-19-27-57-66(33-15-9-16-34-66)49-37-45(68)39-53(74(76)77)61(49)70(57)7)42-73-52-32-30-44-22-12-14-24-48(44)60(52)65(5,6)56(73)26-20-28-58-67(35-17-10-18-36-67)50-38-46(69)40-54(75(78)79)62(50)71(58)8/h11-14,19-32,37-40H,9-10,15-18,33-36,41-42H2,1-8H3/q+2. The largest absolute Gasteiger partial charge is 0.341 e. The molecule has 12 heteroatoms. The molecule has 4 aliphatic heterocycles. The number of fused-ring (bicyclic) bond motifs is 10. The summed E-state index contributed by atoms with van der Waals surface area (Å²) in [6.45, 7) is 15.7. The quantitative estimate of drug-likeness (QED) is 0.0770. The monoisotopic (exact) mass is 1180 g/mol. The van der Waals surface area contributed by atoms with E-state index in [0.29, 0.717) is 11.4 Å². The summed E-state index contributed by atoms with van der Waals surface area (Å²) in [4.78, 5) is 29.0. The van der Waals surface area contributed by atoms with E-state index in [2.05, 4.69) is 214 Å². The van der Waals surface area contributed by atoms with E-state index < -0.39 is 0 Å². The van der Waals surface area contributed by atoms with Crippen LogP contribution in [0.3, 0.4) is 0 Å². The fraction of sp³-hybridized carbons (Fsp3) is 0.373. The first-order valence-electron chi connectivity index (χ1n) is 28.3. The topological polar surface area (TPSA) is 98.8 Å². The van der Waals surface area contributed by atoms with Crippen LogP contribution in [-0.4, -0.2) is 57.6 Å². The number of rotatable bonds is 10. The first kappa shape index (κ1) is 53.2. The van der Waals surface area contributed by atoms with E-state index in [1.807, 2.05) is 14.1 Å². The van der Waals surface area contributed by atoms with Crippen LogP contribution in [-0.2, 0) is 21.7 Å². The van der Waals surface area contributed by atoms with E-state index >= 15 is 0 Å². The highest BCUT2D eigenvalue weighted by atomic mass is 79.9. The average Bonchev–Trinajstić information content (AvgIpc) is 4.11. The van der Waals surface area contributed by atoms with Crippen LogP contribution in [0, 0.1) is 25.6 Å². The van der Waals surface area contributed by atoms with E-state index in [4.69, 9.17) is 0 Å². The molecule has 0 atom stereocenters. The van der Waals surface area contributed by atoms with Crippen molar-refractivity contribution in [2.24, 2.45) is 5.41 Å². The summed E-state index contributed by atoms with van der Waals surface area (Å²) in [7, 11) is 4.02. The van der Waals surface area contributed by atoms with Crippen molar-refractivity contribution in [3.63, 3.8) is 0 Å². The Morgan fingerprint density at radius 1 is 0.570 bits per heavy atom. The van der Waals surface area contributed by atoms with Gasteiger partial charge in [0.2, 0.25) is 11.4 Å². The highest BCUT2D eigenvalue weighted by Gasteiger charge is 2.53. The van der Waals surface area contributed by atoms with Gasteiger partial charge in [-0.3, -0.25) is 20.2 Å². The summed E-state index contributed by atoms with van der Waals surface area (Å²) in [5.74, 6) is 0. The molecule has 2 saturated carbocycles. The van der Waals surface area contributed by atoms with Crippen LogP contribution in [0.4, 0.5) is 34.1 Å². The van der Waals surface area contributed by atoms with Gasteiger partial charge in [-0.2, -0.15) is 9.15 Å². The number of halogens is 2. The van der Waals surface area contributed by atoms with Crippen LogP contribution >= 0.6 is 31.9 Å². The second-order valence-corrected chi connectivity index (χ2v) is 26.9. The van der Waals surface area contributed by atoms with Gasteiger partial charge in [0.15, 0.2) is 24.5 Å². The molecule has 0 amide bonds. The molecule has 0 radical (unpaired) electrons. The van der Waals surface area contributed by atoms with E-state index in [1.165, 1.54) is 55.5 Å². The van der Waals surface area contributed by atoms with Gasteiger partial charge in [-0.1, -0.05) is 131 Å². The fourth-order valence-electron chi connectivity index (χ4n) is 15.7. The number of nitro benzene ring substituents is 2. The molecule has 0 saturated heterocycles. The molecule has 4 heterocycles. The minimum Gasteiger partial charge on any atom is -0.341 e. The van der Waals surface area contributed by atoms with E-state index in [1.54, 1.807) is 12.1 Å². The number of hydrogen-bond donors (Lipinski definition) is 0. The van der Waals surface area contributed by atoms with Gasteiger partial charge in [0.1, 0.15) is 11.4 Å². The molecular weight excluding hydrogens is 1110 g/mol. The number of allylic oxidation sites excluding steroid dienone is 8. The second kappa shape index (κ2) is 19.4. The number of nitrogens with zero attached hydrogens (tertiary/aromatic N) is 6. The molecule has 6 aliphatic rings. The smallest absolute Gasteiger partial charge is 0.294 e. The molecule has 2 spiro atoms. The number of benzene rings is 6. The minimum atomic E-state index is -0.369. The molecule has 10 nitrogen and oxygen atoms in total. The van der Waals surface area contributed by atoms with Crippen molar-refractivity contribution in [2.75, 3.05) is 37.0 Å². The van der Waals surface area contributed by atoms with Gasteiger partial charge in [0.25, 0.3) is 11.4 Å². The lowest BCUT2D eigenvalue weighted by Gasteiger charge is -2.36. The Kier molecular flexibility index (Phi) is 13.0. The van der Waals surface area contributed by atoms with Gasteiger partial charge < -0.3 is 9.80 Å². The van der Waals surface area contributed by atoms with Crippen molar-refractivity contribution < 1.29 is 19.0 Å². The second-order valence-electron chi connectivity index (χ2n) is 25.1. The van der Waals surface area contributed by atoms with Gasteiger partial charge in [-0.05, 0) is 136 Å². The first-order chi connectivity index (χ1) is 37.7. The molecule has 0 N–H and O–H groups in total. The Morgan fingerprint density at radius 3 is 1.33 bits per heavy atom. The van der Waals surface area contributed by atoms with E-state index in [0.717, 1.165) is 109 Å². The molecule has 12 rings (SSSR count). The van der Waals surface area contributed by atoms with Gasteiger partial charge in [0.05, 0.1) is 26.1 Å². The van der Waals surface area contributed by atoms with Crippen LogP contribution in [0.25, 0.3) is 21.5 Å². The van der Waals surface area contributed by atoms with Crippen LogP contribution in [0.5, 0.6) is 0 Å². The van der Waals surface area contributed by atoms with Gasteiger partial charge >= 0.3 is 0 Å². The first-order valence-corrected chi connectivity index (χ1v) is 29.9. The summed E-state index contributed by atoms with van der Waals surface area (Å²) in [6, 6.07) is 34.3. The normalized spacial score (nSPS) is 20.8. The zero-order chi connectivity index (χ0) is 55.6. The van der Waals surface area contributed by atoms with Gasteiger partial charge in [0, 0.05) is 92.8 Å². The lowest BCUT2D eigenvalue weighted by atomic mass is 9.68. The maximum absolute atomic E-state index is 12.6. The maximum atomic E-state index is 12.6. The highest BCUT2D eigenvalue weighted by molar-refractivity contribution is 9.10. The summed E-state index contributed by atoms with van der Waals surface area (Å²) >= 11 is 7.31. The van der Waals surface area contributed by atoms with E-state index in [-0.39, 0.29) is 48.3 Å². The third kappa shape index (κ3) is 8.34. The summed E-state index contributed by atoms with van der Waals surface area (Å²) in [6.07, 6.45) is 24.0. The van der Waals surface area contributed by atoms with Crippen LogP contribution in [0.2, 0.25) is 0 Å². The van der Waals surface area contributed by atoms with Crippen LogP contribution in [0.1, 0.15) is 128 Å². The molecule has 0 unspecified atom stereocenters. The molecule has 404 valence electrons. The number of likely N-dealkylation sites (N-methyl/N-ethyl adjacent to an activating group) is 2. The molecule has 2 fully saturated rings. The number of nitro groups is 2. The third-order valence-corrected chi connectivity index (χ3v) is 19.9. The Hall–Kier alpha value is -6.50. The van der Waals surface area contributed by atoms with Crippen molar-refractivity contribution in [1.82, 2.24) is 0 Å². The fourth-order valence-corrected chi connectivity index (χ4v) is 16.6. The molecule has 6 aromatic rings. The van der Waals surface area contributed by atoms with Gasteiger partial charge in [-0.25, -0.2) is 0 Å². The minimum absolute atomic E-state index is 0.137. The molecular formula is C67H70Br2N6O4+2. The Morgan fingerprint density at radius 2 is 0.949 bits per heavy atom. The Balaban J connectivity index is 0.976. The summed E-state index contributed by atoms with van der Waals surface area (Å²) < 4.78 is 6.65. The van der Waals surface area contributed by atoms with Crippen LogP contribution in [0.15, 0.2) is 154 Å². The molecule has 2 aliphatic carbocycles. The van der Waals surface area contributed by atoms with Crippen LogP contribution < -0.4 is 9.80 Å². The van der Waals surface area contributed by atoms with Crippen molar-refractivity contribution in [3.05, 3.63) is 196 Å². The Bertz CT molecular complexity index is 3560. The lowest BCUT2D eigenvalue weighted by molar-refractivity contribution is -0.498. The van der Waals surface area contributed by atoms with Crippen molar-refractivity contribution in [2.45, 2.75) is 127 Å². The summed E-state index contributed by atoms with van der Waals surface area (Å²) in [5.41, 5.74) is 11.9. The predicted molar refractivity (Wildman–Crippen MR) is 330 cm³/mol. The molecule has 0 bridgehead atoms. The van der Waals surface area contributed by atoms with Crippen molar-refractivity contribution in [3.8, 4) is 0 Å². The Labute approximate surface area is 481 Å². The SMILES string of the molecule is CN1C(=CC=CC2=[N+](CC(C)(C)C[N+]3=C(C=CC=C4N(C)c5c([N+](=O)[O-])cc(Br)cc5C45CCCCC5)C(C)(C)c4c3ccc3ccccc43)c3ccc4ccccc4c3C2(C)C)C2(CCCCC2)c2cc(Br)cc([N+](=O)[O-])c21. The summed E-state index contributed by atoms with van der Waals surface area (Å²) in [5, 5.41) is 30.2. The predicted octanol–water partition coefficient (Wildman–Crippen LogP) is 17.4. The molecule has 6 aromatic carbocycles.